The Morgan fingerprint density at radius 3 is 2.73 bits per heavy atom. The average Bonchev–Trinajstić information content (AvgIpc) is 3.39. The van der Waals surface area contributed by atoms with Gasteiger partial charge in [0.1, 0.15) is 34.8 Å². The lowest BCUT2D eigenvalue weighted by atomic mass is 10.2. The predicted octanol–water partition coefficient (Wildman–Crippen LogP) is 3.19. The lowest BCUT2D eigenvalue weighted by Crippen LogP contribution is -2.35. The van der Waals surface area contributed by atoms with E-state index in [9.17, 15) is 22.4 Å². The molecule has 0 saturated heterocycles. The van der Waals surface area contributed by atoms with Crippen LogP contribution in [0.2, 0.25) is 0 Å². The second-order valence-corrected chi connectivity index (χ2v) is 6.63. The number of carbonyl (C=O) groups excluding carboxylic acids is 1. The highest BCUT2D eigenvalue weighted by Crippen LogP contribution is 2.56. The number of alkyl halides is 3. The molecule has 1 fully saturated rings. The Labute approximate surface area is 166 Å². The molecule has 0 bridgehead atoms. The van der Waals surface area contributed by atoms with Gasteiger partial charge in [0.25, 0.3) is 5.91 Å². The first-order valence-electron chi connectivity index (χ1n) is 8.71. The van der Waals surface area contributed by atoms with E-state index in [4.69, 9.17) is 4.74 Å². The van der Waals surface area contributed by atoms with E-state index in [1.54, 1.807) is 0 Å². The molecule has 156 valence electrons. The second kappa shape index (κ2) is 7.04. The Morgan fingerprint density at radius 1 is 1.30 bits per heavy atom. The minimum atomic E-state index is -4.46. The number of halogens is 4. The first-order valence-corrected chi connectivity index (χ1v) is 8.71. The Balaban J connectivity index is 1.64. The minimum absolute atomic E-state index is 0.0234. The zero-order valence-electron chi connectivity index (χ0n) is 15.4. The Morgan fingerprint density at radius 2 is 2.07 bits per heavy atom. The second-order valence-electron chi connectivity index (χ2n) is 6.63. The fourth-order valence-electron chi connectivity index (χ4n) is 3.07. The van der Waals surface area contributed by atoms with Crippen LogP contribution >= 0.6 is 0 Å². The van der Waals surface area contributed by atoms with Crippen molar-refractivity contribution in [2.45, 2.75) is 24.6 Å². The van der Waals surface area contributed by atoms with Crippen LogP contribution < -0.4 is 10.1 Å². The molecule has 8 nitrogen and oxygen atoms in total. The van der Waals surface area contributed by atoms with Gasteiger partial charge in [0.15, 0.2) is 5.82 Å². The van der Waals surface area contributed by atoms with Crippen molar-refractivity contribution in [3.63, 3.8) is 0 Å². The molecule has 1 saturated carbocycles. The van der Waals surface area contributed by atoms with Crippen LogP contribution in [0.3, 0.4) is 0 Å². The van der Waals surface area contributed by atoms with Crippen LogP contribution in [0.4, 0.5) is 23.4 Å². The summed E-state index contributed by atoms with van der Waals surface area (Å²) in [6.45, 7) is 0. The highest BCUT2D eigenvalue weighted by Gasteiger charge is 2.65. The van der Waals surface area contributed by atoms with Gasteiger partial charge in [0, 0.05) is 0 Å². The molecule has 0 aromatic carbocycles. The summed E-state index contributed by atoms with van der Waals surface area (Å²) in [4.78, 5) is 20.3. The van der Waals surface area contributed by atoms with E-state index in [1.807, 2.05) is 0 Å². The van der Waals surface area contributed by atoms with Crippen molar-refractivity contribution in [1.82, 2.24) is 24.7 Å². The van der Waals surface area contributed by atoms with Gasteiger partial charge in [-0.2, -0.15) is 13.2 Å². The van der Waals surface area contributed by atoms with E-state index in [0.717, 1.165) is 23.2 Å². The van der Waals surface area contributed by atoms with Crippen molar-refractivity contribution in [2.24, 2.45) is 0 Å². The van der Waals surface area contributed by atoms with E-state index in [1.165, 1.54) is 25.3 Å². The van der Waals surface area contributed by atoms with Crippen LogP contribution in [-0.4, -0.2) is 43.9 Å². The average molecular weight is 422 g/mol. The van der Waals surface area contributed by atoms with Crippen LogP contribution in [0.1, 0.15) is 23.2 Å². The van der Waals surface area contributed by atoms with Gasteiger partial charge in [0.05, 0.1) is 13.3 Å². The van der Waals surface area contributed by atoms with Crippen molar-refractivity contribution < 1.29 is 27.1 Å². The van der Waals surface area contributed by atoms with Gasteiger partial charge in [-0.15, -0.1) is 10.2 Å². The molecule has 3 heterocycles. The summed E-state index contributed by atoms with van der Waals surface area (Å²) in [5.41, 5.74) is -2.13. The lowest BCUT2D eigenvalue weighted by Gasteiger charge is -2.21. The first kappa shape index (κ1) is 19.7. The van der Waals surface area contributed by atoms with Crippen LogP contribution in [-0.2, 0) is 5.54 Å². The number of anilines is 1. The number of carbonyl (C=O) groups is 1. The quantitative estimate of drug-likeness (QED) is 0.635. The summed E-state index contributed by atoms with van der Waals surface area (Å²) in [5, 5.41) is 9.84. The largest absolute Gasteiger partial charge is 0.480 e. The number of nitrogens with zero attached hydrogens (tertiary/aromatic N) is 5. The number of hydrogen-bond acceptors (Lipinski definition) is 6. The van der Waals surface area contributed by atoms with Gasteiger partial charge in [0.2, 0.25) is 5.88 Å². The first-order chi connectivity index (χ1) is 14.2. The predicted molar refractivity (Wildman–Crippen MR) is 95.2 cm³/mol. The standard InChI is InChI=1S/C18H14F4N6O2/c1-30-16-11(7-10(19)8-23-16)15(29)26-13-4-2-3-12(25-13)14-27-24-9-28(14)17(5-6-17)18(20,21)22/h2-4,7-9H,5-6H2,1H3,(H,25,26,29). The minimum Gasteiger partial charge on any atom is -0.480 e. The molecular weight excluding hydrogens is 408 g/mol. The summed E-state index contributed by atoms with van der Waals surface area (Å²) in [6.07, 6.45) is -2.70. The van der Waals surface area contributed by atoms with Crippen molar-refractivity contribution in [3.8, 4) is 17.4 Å². The van der Waals surface area contributed by atoms with Crippen LogP contribution in [0.5, 0.6) is 5.88 Å². The third-order valence-electron chi connectivity index (χ3n) is 4.74. The molecule has 0 aliphatic heterocycles. The Kier molecular flexibility index (Phi) is 4.63. The maximum absolute atomic E-state index is 13.5. The monoisotopic (exact) mass is 422 g/mol. The number of amides is 1. The molecule has 0 spiro atoms. The molecule has 1 aliphatic carbocycles. The lowest BCUT2D eigenvalue weighted by molar-refractivity contribution is -0.179. The summed E-state index contributed by atoms with van der Waals surface area (Å²) >= 11 is 0. The molecule has 1 amide bonds. The number of methoxy groups -OCH3 is 1. The number of rotatable bonds is 5. The molecular formula is C18H14F4N6O2. The summed E-state index contributed by atoms with van der Waals surface area (Å²) in [5.74, 6) is -1.64. The topological polar surface area (TPSA) is 94.8 Å². The third kappa shape index (κ3) is 3.33. The van der Waals surface area contributed by atoms with E-state index in [-0.39, 0.29) is 41.6 Å². The Bertz CT molecular complexity index is 1110. The van der Waals surface area contributed by atoms with E-state index in [0.29, 0.717) is 0 Å². The fourth-order valence-corrected chi connectivity index (χ4v) is 3.07. The van der Waals surface area contributed by atoms with E-state index in [2.05, 4.69) is 25.5 Å². The number of nitrogens with one attached hydrogen (secondary N) is 1. The van der Waals surface area contributed by atoms with E-state index < -0.39 is 23.4 Å². The van der Waals surface area contributed by atoms with Crippen molar-refractivity contribution in [2.75, 3.05) is 12.4 Å². The smallest absolute Gasteiger partial charge is 0.412 e. The number of pyridine rings is 2. The fraction of sp³-hybridized carbons (Fsp3) is 0.278. The normalized spacial score (nSPS) is 15.0. The molecule has 1 aliphatic rings. The van der Waals surface area contributed by atoms with E-state index >= 15 is 0 Å². The maximum atomic E-state index is 13.5. The molecule has 3 aromatic rings. The van der Waals surface area contributed by atoms with Gasteiger partial charge in [-0.25, -0.2) is 14.4 Å². The van der Waals surface area contributed by atoms with Gasteiger partial charge in [-0.05, 0) is 31.0 Å². The third-order valence-corrected chi connectivity index (χ3v) is 4.74. The van der Waals surface area contributed by atoms with Crippen molar-refractivity contribution in [1.29, 1.82) is 0 Å². The highest BCUT2D eigenvalue weighted by molar-refractivity contribution is 6.05. The van der Waals surface area contributed by atoms with Crippen LogP contribution in [0.25, 0.3) is 11.5 Å². The number of aromatic nitrogens is 5. The van der Waals surface area contributed by atoms with Gasteiger partial charge in [-0.3, -0.25) is 9.36 Å². The molecule has 12 heteroatoms. The van der Waals surface area contributed by atoms with Gasteiger partial charge >= 0.3 is 6.18 Å². The number of hydrogen-bond donors (Lipinski definition) is 1. The zero-order valence-corrected chi connectivity index (χ0v) is 15.4. The van der Waals surface area contributed by atoms with Crippen LogP contribution in [0, 0.1) is 5.82 Å². The molecule has 1 N–H and O–H groups in total. The van der Waals surface area contributed by atoms with Crippen molar-refractivity contribution >= 4 is 11.7 Å². The van der Waals surface area contributed by atoms with Crippen LogP contribution in [0.15, 0.2) is 36.8 Å². The summed E-state index contributed by atoms with van der Waals surface area (Å²) in [6, 6.07) is 5.32. The summed E-state index contributed by atoms with van der Waals surface area (Å²) < 4.78 is 59.9. The molecule has 30 heavy (non-hydrogen) atoms. The molecule has 0 radical (unpaired) electrons. The molecule has 4 rings (SSSR count). The highest BCUT2D eigenvalue weighted by atomic mass is 19.4. The molecule has 0 atom stereocenters. The van der Waals surface area contributed by atoms with Crippen molar-refractivity contribution in [3.05, 3.63) is 48.2 Å². The van der Waals surface area contributed by atoms with Gasteiger partial charge in [-0.1, -0.05) is 6.07 Å². The SMILES string of the molecule is COc1ncc(F)cc1C(=O)Nc1cccc(-c2nncn2C2(C(F)(F)F)CC2)n1. The summed E-state index contributed by atoms with van der Waals surface area (Å²) in [7, 11) is 1.27. The molecule has 3 aromatic heterocycles. The van der Waals surface area contributed by atoms with Gasteiger partial charge < -0.3 is 10.1 Å². The molecule has 0 unspecified atom stereocenters. The maximum Gasteiger partial charge on any atom is 0.412 e. The number of ether oxygens (including phenoxy) is 1. The zero-order chi connectivity index (χ0) is 21.5. The Hall–Kier alpha value is -3.57.